The zero-order valence-electron chi connectivity index (χ0n) is 14.7. The fourth-order valence-corrected chi connectivity index (χ4v) is 2.85. The van der Waals surface area contributed by atoms with Crippen molar-refractivity contribution in [1.82, 2.24) is 9.47 Å². The zero-order valence-corrected chi connectivity index (χ0v) is 14.7. The molecule has 0 bridgehead atoms. The quantitative estimate of drug-likeness (QED) is 0.649. The summed E-state index contributed by atoms with van der Waals surface area (Å²) >= 11 is 0. The Morgan fingerprint density at radius 2 is 2.00 bits per heavy atom. The van der Waals surface area contributed by atoms with Crippen molar-refractivity contribution in [2.24, 2.45) is 7.05 Å². The Labute approximate surface area is 147 Å². The van der Waals surface area contributed by atoms with Gasteiger partial charge in [-0.25, -0.2) is 4.79 Å². The van der Waals surface area contributed by atoms with E-state index < -0.39 is 5.97 Å². The summed E-state index contributed by atoms with van der Waals surface area (Å²) in [5.41, 5.74) is 2.62. The third-order valence-electron chi connectivity index (χ3n) is 4.07. The molecule has 0 fully saturated rings. The number of hydrogen-bond donors (Lipinski definition) is 1. The molecule has 0 saturated carbocycles. The van der Waals surface area contributed by atoms with Gasteiger partial charge in [0.15, 0.2) is 6.29 Å². The number of carbonyl (C=O) groups is 2. The highest BCUT2D eigenvalue weighted by Gasteiger charge is 2.23. The average molecular weight is 338 g/mol. The summed E-state index contributed by atoms with van der Waals surface area (Å²) in [6, 6.07) is 10.1. The van der Waals surface area contributed by atoms with E-state index in [1.54, 1.807) is 11.6 Å². The number of aldehydes is 1. The summed E-state index contributed by atoms with van der Waals surface area (Å²) in [5.74, 6) is 5.04. The van der Waals surface area contributed by atoms with Gasteiger partial charge in [-0.3, -0.25) is 9.69 Å². The van der Waals surface area contributed by atoms with Crippen LogP contribution in [0.25, 0.3) is 0 Å². The van der Waals surface area contributed by atoms with E-state index in [0.29, 0.717) is 30.5 Å². The van der Waals surface area contributed by atoms with Gasteiger partial charge in [-0.15, -0.1) is 0 Å². The van der Waals surface area contributed by atoms with E-state index in [9.17, 15) is 14.7 Å². The lowest BCUT2D eigenvalue weighted by molar-refractivity contribution is 0.0692. The van der Waals surface area contributed by atoms with Gasteiger partial charge in [0.25, 0.3) is 0 Å². The summed E-state index contributed by atoms with van der Waals surface area (Å²) in [4.78, 5) is 24.8. The Hall–Kier alpha value is -2.84. The number of carbonyl (C=O) groups excluding carboxylic acids is 1. The van der Waals surface area contributed by atoms with Gasteiger partial charge in [-0.2, -0.15) is 0 Å². The Balaban J connectivity index is 2.22. The summed E-state index contributed by atoms with van der Waals surface area (Å²) in [5, 5.41) is 9.40. The first kappa shape index (κ1) is 18.5. The Morgan fingerprint density at radius 1 is 1.32 bits per heavy atom. The predicted molar refractivity (Wildman–Crippen MR) is 96.8 cm³/mol. The smallest absolute Gasteiger partial charge is 0.338 e. The summed E-state index contributed by atoms with van der Waals surface area (Å²) < 4.78 is 1.57. The molecule has 2 aromatic rings. The molecular weight excluding hydrogens is 316 g/mol. The standard InChI is InChI=1S/C20H22N2O3/c1-4-16-17(22(3)18(14-23)19(16)20(24)25)11-8-12-21(2)13-15-9-6-5-7-10-15/h5-7,9-10,14H,4,12-13H2,1-3H3,(H,24,25). The van der Waals surface area contributed by atoms with Crippen LogP contribution in [0, 0.1) is 11.8 Å². The third-order valence-corrected chi connectivity index (χ3v) is 4.07. The van der Waals surface area contributed by atoms with Crippen LogP contribution in [0.15, 0.2) is 30.3 Å². The molecule has 2 rings (SSSR count). The molecule has 0 aliphatic rings. The second kappa shape index (κ2) is 8.32. The van der Waals surface area contributed by atoms with Gasteiger partial charge < -0.3 is 9.67 Å². The monoisotopic (exact) mass is 338 g/mol. The summed E-state index contributed by atoms with van der Waals surface area (Å²) in [6.45, 7) is 3.19. The average Bonchev–Trinajstić information content (AvgIpc) is 2.87. The van der Waals surface area contributed by atoms with Crippen LogP contribution >= 0.6 is 0 Å². The number of nitrogens with zero attached hydrogens (tertiary/aromatic N) is 2. The molecule has 0 unspecified atom stereocenters. The maximum atomic E-state index is 11.5. The lowest BCUT2D eigenvalue weighted by atomic mass is 10.1. The SMILES string of the molecule is CCc1c(C(=O)O)c(C=O)n(C)c1C#CCN(C)Cc1ccccc1. The van der Waals surface area contributed by atoms with Crippen LogP contribution < -0.4 is 0 Å². The van der Waals surface area contributed by atoms with E-state index in [-0.39, 0.29) is 11.3 Å². The van der Waals surface area contributed by atoms with Crippen LogP contribution in [0.5, 0.6) is 0 Å². The number of carboxylic acids is 1. The lowest BCUT2D eigenvalue weighted by Gasteiger charge is -2.12. The number of benzene rings is 1. The van der Waals surface area contributed by atoms with E-state index in [0.717, 1.165) is 6.54 Å². The van der Waals surface area contributed by atoms with Crippen LogP contribution in [-0.2, 0) is 20.0 Å². The molecule has 0 spiro atoms. The summed E-state index contributed by atoms with van der Waals surface area (Å²) in [6.07, 6.45) is 1.09. The molecule has 0 saturated heterocycles. The van der Waals surface area contributed by atoms with Crippen molar-refractivity contribution in [3.8, 4) is 11.8 Å². The van der Waals surface area contributed by atoms with Crippen molar-refractivity contribution >= 4 is 12.3 Å². The normalized spacial score (nSPS) is 10.4. The molecule has 130 valence electrons. The fourth-order valence-electron chi connectivity index (χ4n) is 2.85. The van der Waals surface area contributed by atoms with Gasteiger partial charge in [-0.1, -0.05) is 43.2 Å². The van der Waals surface area contributed by atoms with Crippen molar-refractivity contribution in [3.05, 3.63) is 58.4 Å². The highest BCUT2D eigenvalue weighted by Crippen LogP contribution is 2.21. The molecule has 1 aromatic carbocycles. The number of carboxylic acid groups (broad SMARTS) is 1. The maximum absolute atomic E-state index is 11.5. The minimum absolute atomic E-state index is 0.0574. The van der Waals surface area contributed by atoms with Gasteiger partial charge in [0.1, 0.15) is 0 Å². The Bertz CT molecular complexity index is 826. The Morgan fingerprint density at radius 3 is 2.56 bits per heavy atom. The molecule has 0 atom stereocenters. The van der Waals surface area contributed by atoms with Gasteiger partial charge in [0.05, 0.1) is 23.5 Å². The number of aromatic nitrogens is 1. The van der Waals surface area contributed by atoms with Crippen molar-refractivity contribution in [2.75, 3.05) is 13.6 Å². The molecule has 1 heterocycles. The molecule has 0 aliphatic heterocycles. The molecule has 0 aliphatic carbocycles. The lowest BCUT2D eigenvalue weighted by Crippen LogP contribution is -2.17. The number of rotatable bonds is 6. The van der Waals surface area contributed by atoms with Gasteiger partial charge in [0.2, 0.25) is 0 Å². The van der Waals surface area contributed by atoms with Gasteiger partial charge in [-0.05, 0) is 25.0 Å². The molecule has 5 nitrogen and oxygen atoms in total. The topological polar surface area (TPSA) is 62.5 Å². The first-order chi connectivity index (χ1) is 12.0. The van der Waals surface area contributed by atoms with Crippen molar-refractivity contribution in [2.45, 2.75) is 19.9 Å². The van der Waals surface area contributed by atoms with Crippen LogP contribution in [0.4, 0.5) is 0 Å². The number of aromatic carboxylic acids is 1. The second-order valence-corrected chi connectivity index (χ2v) is 5.88. The molecule has 0 radical (unpaired) electrons. The first-order valence-electron chi connectivity index (χ1n) is 8.10. The second-order valence-electron chi connectivity index (χ2n) is 5.88. The van der Waals surface area contributed by atoms with E-state index in [1.807, 2.05) is 32.2 Å². The largest absolute Gasteiger partial charge is 0.478 e. The molecule has 5 heteroatoms. The van der Waals surface area contributed by atoms with Crippen LogP contribution in [0.3, 0.4) is 0 Å². The Kier molecular flexibility index (Phi) is 6.15. The van der Waals surface area contributed by atoms with Crippen LogP contribution in [0.1, 0.15) is 44.6 Å². The highest BCUT2D eigenvalue weighted by molar-refractivity contribution is 5.99. The van der Waals surface area contributed by atoms with Gasteiger partial charge >= 0.3 is 5.97 Å². The molecule has 1 aromatic heterocycles. The van der Waals surface area contributed by atoms with Crippen molar-refractivity contribution in [1.29, 1.82) is 0 Å². The highest BCUT2D eigenvalue weighted by atomic mass is 16.4. The molecule has 0 amide bonds. The van der Waals surface area contributed by atoms with Crippen LogP contribution in [0.2, 0.25) is 0 Å². The van der Waals surface area contributed by atoms with E-state index >= 15 is 0 Å². The third kappa shape index (κ3) is 4.17. The minimum atomic E-state index is -1.09. The minimum Gasteiger partial charge on any atom is -0.478 e. The van der Waals surface area contributed by atoms with Gasteiger partial charge in [0, 0.05) is 19.2 Å². The van der Waals surface area contributed by atoms with E-state index in [2.05, 4.69) is 28.9 Å². The molecule has 1 N–H and O–H groups in total. The summed E-state index contributed by atoms with van der Waals surface area (Å²) in [7, 11) is 3.65. The van der Waals surface area contributed by atoms with Crippen LogP contribution in [-0.4, -0.2) is 40.4 Å². The van der Waals surface area contributed by atoms with Crippen molar-refractivity contribution < 1.29 is 14.7 Å². The number of hydrogen-bond acceptors (Lipinski definition) is 3. The van der Waals surface area contributed by atoms with E-state index in [4.69, 9.17) is 0 Å². The zero-order chi connectivity index (χ0) is 18.4. The van der Waals surface area contributed by atoms with E-state index in [1.165, 1.54) is 5.56 Å². The molecular formula is C20H22N2O3. The maximum Gasteiger partial charge on any atom is 0.338 e. The first-order valence-corrected chi connectivity index (χ1v) is 8.10. The predicted octanol–water partition coefficient (Wildman–Crippen LogP) is 2.58. The fraction of sp³-hybridized carbons (Fsp3) is 0.300. The molecule has 25 heavy (non-hydrogen) atoms. The van der Waals surface area contributed by atoms with Crippen molar-refractivity contribution in [3.63, 3.8) is 0 Å².